The van der Waals surface area contributed by atoms with Crippen molar-refractivity contribution in [3.63, 3.8) is 0 Å². The zero-order chi connectivity index (χ0) is 16.0. The lowest BCUT2D eigenvalue weighted by atomic mass is 10.1. The van der Waals surface area contributed by atoms with Crippen molar-refractivity contribution >= 4 is 17.5 Å². The molecule has 1 heterocycles. The average molecular weight is 298 g/mol. The highest BCUT2D eigenvalue weighted by atomic mass is 16.6. The number of carbonyl (C=O) groups is 1. The summed E-state index contributed by atoms with van der Waals surface area (Å²) in [5.41, 5.74) is 0.495. The van der Waals surface area contributed by atoms with Crippen LogP contribution in [-0.4, -0.2) is 31.8 Å². The quantitative estimate of drug-likeness (QED) is 0.534. The summed E-state index contributed by atoms with van der Waals surface area (Å²) in [6.45, 7) is 3.82. The molecule has 0 spiro atoms. The number of anilines is 1. The number of hydrogen-bond acceptors (Lipinski definition) is 5. The molecule has 118 valence electrons. The normalized spacial score (nSPS) is 12.1. The molecule has 0 radical (unpaired) electrons. The summed E-state index contributed by atoms with van der Waals surface area (Å²) in [7, 11) is 1.67. The third kappa shape index (κ3) is 4.73. The van der Waals surface area contributed by atoms with Crippen LogP contribution in [-0.2, 0) is 18.3 Å². The van der Waals surface area contributed by atoms with Crippen molar-refractivity contribution in [2.24, 2.45) is 7.05 Å². The molecular formula is C13H22N4O4. The fourth-order valence-corrected chi connectivity index (χ4v) is 2.19. The van der Waals surface area contributed by atoms with Gasteiger partial charge in [-0.1, -0.05) is 13.3 Å². The maximum Gasteiger partial charge on any atom is 0.333 e. The van der Waals surface area contributed by atoms with Gasteiger partial charge in [-0.05, 0) is 26.2 Å². The number of aryl methyl sites for hydroxylation is 2. The lowest BCUT2D eigenvalue weighted by molar-refractivity contribution is -0.384. The van der Waals surface area contributed by atoms with Crippen LogP contribution in [0.25, 0.3) is 0 Å². The Morgan fingerprint density at radius 2 is 2.24 bits per heavy atom. The molecule has 8 heteroatoms. The first-order chi connectivity index (χ1) is 9.86. The minimum absolute atomic E-state index is 0.0180. The van der Waals surface area contributed by atoms with Gasteiger partial charge in [0.25, 0.3) is 0 Å². The molecule has 1 aromatic heterocycles. The number of carboxylic acids is 1. The molecular weight excluding hydrogens is 276 g/mol. The molecule has 1 aromatic rings. The topological polar surface area (TPSA) is 110 Å². The molecule has 1 unspecified atom stereocenters. The second-order valence-electron chi connectivity index (χ2n) is 5.11. The highest BCUT2D eigenvalue weighted by molar-refractivity contribution is 5.66. The van der Waals surface area contributed by atoms with Crippen molar-refractivity contribution in [2.45, 2.75) is 52.0 Å². The van der Waals surface area contributed by atoms with Gasteiger partial charge in [0.15, 0.2) is 0 Å². The molecule has 0 saturated heterocycles. The number of hydrogen-bond donors (Lipinski definition) is 2. The SMILES string of the molecule is CCCc1nn(C)c(NC(C)CCCC(=O)O)c1[N+](=O)[O-]. The summed E-state index contributed by atoms with van der Waals surface area (Å²) < 4.78 is 1.48. The predicted octanol–water partition coefficient (Wildman–Crippen LogP) is 2.34. The predicted molar refractivity (Wildman–Crippen MR) is 78.4 cm³/mol. The molecule has 0 aliphatic carbocycles. The number of nitro groups is 1. The maximum atomic E-state index is 11.3. The molecule has 0 aliphatic rings. The number of aliphatic carboxylic acids is 1. The third-order valence-electron chi connectivity index (χ3n) is 3.17. The van der Waals surface area contributed by atoms with Crippen LogP contribution >= 0.6 is 0 Å². The largest absolute Gasteiger partial charge is 0.481 e. The smallest absolute Gasteiger partial charge is 0.333 e. The monoisotopic (exact) mass is 298 g/mol. The van der Waals surface area contributed by atoms with Crippen LogP contribution in [0.1, 0.15) is 45.2 Å². The summed E-state index contributed by atoms with van der Waals surface area (Å²) in [4.78, 5) is 21.3. The Morgan fingerprint density at radius 3 is 2.76 bits per heavy atom. The van der Waals surface area contributed by atoms with E-state index in [1.807, 2.05) is 13.8 Å². The second-order valence-corrected chi connectivity index (χ2v) is 5.11. The van der Waals surface area contributed by atoms with Gasteiger partial charge in [0.1, 0.15) is 5.69 Å². The van der Waals surface area contributed by atoms with Crippen LogP contribution in [0.4, 0.5) is 11.5 Å². The van der Waals surface area contributed by atoms with Gasteiger partial charge in [0, 0.05) is 19.5 Å². The van der Waals surface area contributed by atoms with Crippen molar-refractivity contribution in [1.82, 2.24) is 9.78 Å². The van der Waals surface area contributed by atoms with Gasteiger partial charge in [0.2, 0.25) is 5.82 Å². The molecule has 0 amide bonds. The molecule has 0 aromatic carbocycles. The van der Waals surface area contributed by atoms with Crippen molar-refractivity contribution in [3.05, 3.63) is 15.8 Å². The van der Waals surface area contributed by atoms with Gasteiger partial charge >= 0.3 is 11.7 Å². The number of rotatable bonds is 9. The van der Waals surface area contributed by atoms with Gasteiger partial charge in [-0.3, -0.25) is 14.9 Å². The second kappa shape index (κ2) is 7.61. The highest BCUT2D eigenvalue weighted by Gasteiger charge is 2.26. The van der Waals surface area contributed by atoms with E-state index in [9.17, 15) is 14.9 Å². The molecule has 21 heavy (non-hydrogen) atoms. The molecule has 0 fully saturated rings. The van der Waals surface area contributed by atoms with Crippen LogP contribution in [0.3, 0.4) is 0 Å². The van der Waals surface area contributed by atoms with Crippen LogP contribution in [0, 0.1) is 10.1 Å². The minimum Gasteiger partial charge on any atom is -0.481 e. The molecule has 8 nitrogen and oxygen atoms in total. The molecule has 1 rings (SSSR count). The lowest BCUT2D eigenvalue weighted by Crippen LogP contribution is -2.18. The zero-order valence-corrected chi connectivity index (χ0v) is 12.6. The third-order valence-corrected chi connectivity index (χ3v) is 3.17. The van der Waals surface area contributed by atoms with E-state index < -0.39 is 10.9 Å². The Bertz CT molecular complexity index is 513. The van der Waals surface area contributed by atoms with Gasteiger partial charge in [-0.25, -0.2) is 4.68 Å². The molecule has 2 N–H and O–H groups in total. The summed E-state index contributed by atoms with van der Waals surface area (Å²) in [6.07, 6.45) is 2.58. The lowest BCUT2D eigenvalue weighted by Gasteiger charge is -2.14. The summed E-state index contributed by atoms with van der Waals surface area (Å²) in [5.74, 6) is -0.453. The standard InChI is InChI=1S/C13H22N4O4/c1-4-6-10-12(17(20)21)13(16(3)15-10)14-9(2)7-5-8-11(18)19/h9,14H,4-8H2,1-3H3,(H,18,19). The zero-order valence-electron chi connectivity index (χ0n) is 12.6. The molecule has 0 saturated carbocycles. The Balaban J connectivity index is 2.81. The average Bonchev–Trinajstić information content (AvgIpc) is 2.66. The Morgan fingerprint density at radius 1 is 1.57 bits per heavy atom. The summed E-state index contributed by atoms with van der Waals surface area (Å²) in [6, 6.07) is -0.0621. The Kier molecular flexibility index (Phi) is 6.13. The number of carboxylic acid groups (broad SMARTS) is 1. The van der Waals surface area contributed by atoms with E-state index in [1.165, 1.54) is 4.68 Å². The summed E-state index contributed by atoms with van der Waals surface area (Å²) >= 11 is 0. The van der Waals surface area contributed by atoms with E-state index in [0.717, 1.165) is 6.42 Å². The minimum atomic E-state index is -0.834. The van der Waals surface area contributed by atoms with E-state index in [-0.39, 0.29) is 18.2 Å². The fourth-order valence-electron chi connectivity index (χ4n) is 2.19. The first-order valence-corrected chi connectivity index (χ1v) is 7.05. The van der Waals surface area contributed by atoms with E-state index in [1.54, 1.807) is 7.05 Å². The molecule has 1 atom stereocenters. The van der Waals surface area contributed by atoms with Gasteiger partial charge in [0.05, 0.1) is 4.92 Å². The molecule has 0 aliphatic heterocycles. The number of nitrogens with zero attached hydrogens (tertiary/aromatic N) is 3. The van der Waals surface area contributed by atoms with E-state index in [2.05, 4.69) is 10.4 Å². The van der Waals surface area contributed by atoms with Crippen molar-refractivity contribution in [2.75, 3.05) is 5.32 Å². The Labute approximate surface area is 123 Å². The first-order valence-electron chi connectivity index (χ1n) is 7.05. The van der Waals surface area contributed by atoms with Gasteiger partial charge in [-0.2, -0.15) is 5.10 Å². The Hall–Kier alpha value is -2.12. The first kappa shape index (κ1) is 16.9. The number of nitrogens with one attached hydrogen (secondary N) is 1. The van der Waals surface area contributed by atoms with Crippen molar-refractivity contribution in [3.8, 4) is 0 Å². The van der Waals surface area contributed by atoms with Gasteiger partial charge < -0.3 is 10.4 Å². The van der Waals surface area contributed by atoms with Crippen LogP contribution in [0.5, 0.6) is 0 Å². The molecule has 0 bridgehead atoms. The van der Waals surface area contributed by atoms with Crippen LogP contribution in [0.15, 0.2) is 0 Å². The fraction of sp³-hybridized carbons (Fsp3) is 0.692. The van der Waals surface area contributed by atoms with Gasteiger partial charge in [-0.15, -0.1) is 0 Å². The number of aromatic nitrogens is 2. The van der Waals surface area contributed by atoms with E-state index in [0.29, 0.717) is 30.8 Å². The maximum absolute atomic E-state index is 11.3. The van der Waals surface area contributed by atoms with Crippen molar-refractivity contribution < 1.29 is 14.8 Å². The van der Waals surface area contributed by atoms with E-state index >= 15 is 0 Å². The van der Waals surface area contributed by atoms with Crippen LogP contribution < -0.4 is 5.32 Å². The van der Waals surface area contributed by atoms with Crippen LogP contribution in [0.2, 0.25) is 0 Å². The van der Waals surface area contributed by atoms with Crippen molar-refractivity contribution in [1.29, 1.82) is 0 Å². The summed E-state index contributed by atoms with van der Waals surface area (Å²) in [5, 5.41) is 27.1. The van der Waals surface area contributed by atoms with E-state index in [4.69, 9.17) is 5.11 Å². The highest BCUT2D eigenvalue weighted by Crippen LogP contribution is 2.29.